The van der Waals surface area contributed by atoms with E-state index in [0.717, 1.165) is 24.2 Å². The molecule has 3 N–H and O–H groups in total. The van der Waals surface area contributed by atoms with Gasteiger partial charge in [-0.1, -0.05) is 12.5 Å². The first-order chi connectivity index (χ1) is 8.27. The van der Waals surface area contributed by atoms with Crippen LogP contribution in [0.5, 0.6) is 5.75 Å². The Morgan fingerprint density at radius 1 is 1.29 bits per heavy atom. The fraction of sp³-hybridized carbons (Fsp3) is 0.571. The standard InChI is InChI=1S/C14H21NO2/c1-17-13-8-7-10-5-3-2-4-6-11(10)14(13)12(16)9-15/h7-8,12,16H,2-6,9,15H2,1H3. The Balaban J connectivity index is 2.50. The van der Waals surface area contributed by atoms with E-state index in [1.807, 2.05) is 6.07 Å². The Morgan fingerprint density at radius 2 is 2.06 bits per heavy atom. The van der Waals surface area contributed by atoms with Gasteiger partial charge < -0.3 is 15.6 Å². The molecular formula is C14H21NO2. The normalized spacial score (nSPS) is 17.1. The van der Waals surface area contributed by atoms with Crippen molar-refractivity contribution in [1.29, 1.82) is 0 Å². The lowest BCUT2D eigenvalue weighted by atomic mass is 9.93. The molecule has 0 aliphatic heterocycles. The van der Waals surface area contributed by atoms with Gasteiger partial charge in [-0.25, -0.2) is 0 Å². The van der Waals surface area contributed by atoms with Gasteiger partial charge in [0.1, 0.15) is 5.75 Å². The zero-order valence-electron chi connectivity index (χ0n) is 10.4. The van der Waals surface area contributed by atoms with Crippen molar-refractivity contribution in [3.05, 3.63) is 28.8 Å². The summed E-state index contributed by atoms with van der Waals surface area (Å²) < 4.78 is 5.36. The van der Waals surface area contributed by atoms with Gasteiger partial charge in [0.15, 0.2) is 0 Å². The second-order valence-corrected chi connectivity index (χ2v) is 4.63. The van der Waals surface area contributed by atoms with Crippen molar-refractivity contribution < 1.29 is 9.84 Å². The summed E-state index contributed by atoms with van der Waals surface area (Å²) in [5, 5.41) is 10.1. The molecule has 1 aromatic carbocycles. The van der Waals surface area contributed by atoms with Gasteiger partial charge >= 0.3 is 0 Å². The quantitative estimate of drug-likeness (QED) is 0.787. The largest absolute Gasteiger partial charge is 0.496 e. The zero-order valence-corrected chi connectivity index (χ0v) is 10.4. The van der Waals surface area contributed by atoms with Gasteiger partial charge in [-0.05, 0) is 42.9 Å². The average Bonchev–Trinajstić information content (AvgIpc) is 2.61. The smallest absolute Gasteiger partial charge is 0.125 e. The first-order valence-electron chi connectivity index (χ1n) is 6.34. The van der Waals surface area contributed by atoms with E-state index < -0.39 is 6.10 Å². The number of aryl methyl sites for hydroxylation is 1. The molecule has 0 saturated carbocycles. The first kappa shape index (κ1) is 12.4. The molecule has 0 heterocycles. The minimum absolute atomic E-state index is 0.243. The van der Waals surface area contributed by atoms with E-state index in [4.69, 9.17) is 10.5 Å². The Kier molecular flexibility index (Phi) is 4.02. The molecule has 1 atom stereocenters. The van der Waals surface area contributed by atoms with Gasteiger partial charge in [0.05, 0.1) is 13.2 Å². The number of fused-ring (bicyclic) bond motifs is 1. The highest BCUT2D eigenvalue weighted by atomic mass is 16.5. The van der Waals surface area contributed by atoms with Crippen LogP contribution in [-0.2, 0) is 12.8 Å². The molecule has 1 aliphatic rings. The third-order valence-corrected chi connectivity index (χ3v) is 3.56. The zero-order chi connectivity index (χ0) is 12.3. The number of aliphatic hydroxyl groups excluding tert-OH is 1. The molecule has 94 valence electrons. The van der Waals surface area contributed by atoms with Crippen molar-refractivity contribution in [1.82, 2.24) is 0 Å². The van der Waals surface area contributed by atoms with Crippen molar-refractivity contribution in [3.63, 3.8) is 0 Å². The van der Waals surface area contributed by atoms with E-state index in [-0.39, 0.29) is 6.54 Å². The second kappa shape index (κ2) is 5.52. The lowest BCUT2D eigenvalue weighted by Crippen LogP contribution is -2.15. The SMILES string of the molecule is COc1ccc2c(c1C(O)CN)CCCCC2. The predicted octanol–water partition coefficient (Wildman–Crippen LogP) is 1.96. The molecule has 1 unspecified atom stereocenters. The van der Waals surface area contributed by atoms with E-state index in [9.17, 15) is 5.11 Å². The molecule has 1 aliphatic carbocycles. The van der Waals surface area contributed by atoms with Crippen molar-refractivity contribution in [2.45, 2.75) is 38.2 Å². The number of methoxy groups -OCH3 is 1. The van der Waals surface area contributed by atoms with Crippen LogP contribution in [0.1, 0.15) is 42.1 Å². The molecule has 17 heavy (non-hydrogen) atoms. The van der Waals surface area contributed by atoms with Gasteiger partial charge in [-0.2, -0.15) is 0 Å². The van der Waals surface area contributed by atoms with E-state index in [2.05, 4.69) is 6.07 Å². The van der Waals surface area contributed by atoms with Crippen molar-refractivity contribution in [2.24, 2.45) is 5.73 Å². The minimum Gasteiger partial charge on any atom is -0.496 e. The van der Waals surface area contributed by atoms with Gasteiger partial charge in [-0.3, -0.25) is 0 Å². The Hall–Kier alpha value is -1.06. The third kappa shape index (κ3) is 2.45. The predicted molar refractivity (Wildman–Crippen MR) is 68.3 cm³/mol. The summed E-state index contributed by atoms with van der Waals surface area (Å²) in [4.78, 5) is 0. The number of rotatable bonds is 3. The maximum atomic E-state index is 10.1. The summed E-state index contributed by atoms with van der Waals surface area (Å²) in [7, 11) is 1.64. The summed E-state index contributed by atoms with van der Waals surface area (Å²) in [6, 6.07) is 4.09. The Bertz CT molecular complexity index is 390. The molecule has 0 saturated heterocycles. The van der Waals surface area contributed by atoms with Crippen LogP contribution < -0.4 is 10.5 Å². The van der Waals surface area contributed by atoms with Gasteiger partial charge in [-0.15, -0.1) is 0 Å². The van der Waals surface area contributed by atoms with Gasteiger partial charge in [0, 0.05) is 12.1 Å². The first-order valence-corrected chi connectivity index (χ1v) is 6.34. The van der Waals surface area contributed by atoms with Gasteiger partial charge in [0.25, 0.3) is 0 Å². The fourth-order valence-electron chi connectivity index (χ4n) is 2.67. The lowest BCUT2D eigenvalue weighted by Gasteiger charge is -2.19. The van der Waals surface area contributed by atoms with E-state index in [0.29, 0.717) is 0 Å². The number of benzene rings is 1. The molecule has 0 radical (unpaired) electrons. The van der Waals surface area contributed by atoms with E-state index >= 15 is 0 Å². The number of hydrogen-bond acceptors (Lipinski definition) is 3. The number of aliphatic hydroxyl groups is 1. The van der Waals surface area contributed by atoms with Crippen LogP contribution in [-0.4, -0.2) is 18.8 Å². The van der Waals surface area contributed by atoms with Crippen LogP contribution >= 0.6 is 0 Å². The van der Waals surface area contributed by atoms with Crippen LogP contribution in [0.15, 0.2) is 12.1 Å². The molecule has 1 aromatic rings. The summed E-state index contributed by atoms with van der Waals surface area (Å²) in [6.45, 7) is 0.243. The molecular weight excluding hydrogens is 214 g/mol. The molecule has 3 nitrogen and oxygen atoms in total. The Labute approximate surface area is 103 Å². The topological polar surface area (TPSA) is 55.5 Å². The van der Waals surface area contributed by atoms with Crippen LogP contribution in [0, 0.1) is 0 Å². The molecule has 0 spiro atoms. The summed E-state index contributed by atoms with van der Waals surface area (Å²) >= 11 is 0. The lowest BCUT2D eigenvalue weighted by molar-refractivity contribution is 0.181. The number of ether oxygens (including phenoxy) is 1. The highest BCUT2D eigenvalue weighted by molar-refractivity contribution is 5.47. The van der Waals surface area contributed by atoms with Crippen LogP contribution in [0.25, 0.3) is 0 Å². The monoisotopic (exact) mass is 235 g/mol. The summed E-state index contributed by atoms with van der Waals surface area (Å²) in [5.41, 5.74) is 9.12. The maximum Gasteiger partial charge on any atom is 0.125 e. The molecule has 2 rings (SSSR count). The highest BCUT2D eigenvalue weighted by Gasteiger charge is 2.20. The number of nitrogens with two attached hydrogens (primary N) is 1. The van der Waals surface area contributed by atoms with Crippen molar-refractivity contribution in [3.8, 4) is 5.75 Å². The maximum absolute atomic E-state index is 10.1. The van der Waals surface area contributed by atoms with Crippen molar-refractivity contribution >= 4 is 0 Å². The van der Waals surface area contributed by atoms with Crippen molar-refractivity contribution in [2.75, 3.05) is 13.7 Å². The highest BCUT2D eigenvalue weighted by Crippen LogP contribution is 2.34. The number of hydrogen-bond donors (Lipinski definition) is 2. The second-order valence-electron chi connectivity index (χ2n) is 4.63. The minimum atomic E-state index is -0.613. The average molecular weight is 235 g/mol. The van der Waals surface area contributed by atoms with Crippen LogP contribution in [0.3, 0.4) is 0 Å². The van der Waals surface area contributed by atoms with Crippen LogP contribution in [0.4, 0.5) is 0 Å². The molecule has 0 amide bonds. The fourth-order valence-corrected chi connectivity index (χ4v) is 2.67. The van der Waals surface area contributed by atoms with E-state index in [1.54, 1.807) is 7.11 Å². The summed E-state index contributed by atoms with van der Waals surface area (Å²) in [5.74, 6) is 0.767. The Morgan fingerprint density at radius 3 is 2.76 bits per heavy atom. The van der Waals surface area contributed by atoms with Gasteiger partial charge in [0.2, 0.25) is 0 Å². The third-order valence-electron chi connectivity index (χ3n) is 3.56. The molecule has 0 fully saturated rings. The summed E-state index contributed by atoms with van der Waals surface area (Å²) in [6.07, 6.45) is 5.19. The van der Waals surface area contributed by atoms with Crippen LogP contribution in [0.2, 0.25) is 0 Å². The molecule has 0 bridgehead atoms. The van der Waals surface area contributed by atoms with E-state index in [1.165, 1.54) is 30.4 Å². The molecule has 3 heteroatoms. The molecule has 0 aromatic heterocycles.